The van der Waals surface area contributed by atoms with Crippen LogP contribution in [0.4, 0.5) is 4.39 Å². The Kier molecular flexibility index (Phi) is 4.32. The van der Waals surface area contributed by atoms with E-state index in [2.05, 4.69) is 10.5 Å². The number of benzene rings is 2. The van der Waals surface area contributed by atoms with Crippen LogP contribution in [-0.2, 0) is 0 Å². The largest absolute Gasteiger partial charge is 0.507 e. The summed E-state index contributed by atoms with van der Waals surface area (Å²) in [5, 5.41) is 13.5. The summed E-state index contributed by atoms with van der Waals surface area (Å²) in [5.41, 5.74) is 2.42. The van der Waals surface area contributed by atoms with Crippen molar-refractivity contribution >= 4 is 23.7 Å². The summed E-state index contributed by atoms with van der Waals surface area (Å²) in [6, 6.07) is 10.1. The van der Waals surface area contributed by atoms with Crippen LogP contribution >= 0.6 is 11.6 Å². The topological polar surface area (TPSA) is 61.7 Å². The number of carbonyl (C=O) groups is 1. The zero-order valence-corrected chi connectivity index (χ0v) is 10.9. The van der Waals surface area contributed by atoms with E-state index in [0.717, 1.165) is 0 Å². The van der Waals surface area contributed by atoms with Crippen LogP contribution in [0.25, 0.3) is 0 Å². The van der Waals surface area contributed by atoms with E-state index in [0.29, 0.717) is 5.02 Å². The summed E-state index contributed by atoms with van der Waals surface area (Å²) >= 11 is 5.73. The Bertz CT molecular complexity index is 674. The molecule has 4 nitrogen and oxygen atoms in total. The molecule has 0 aliphatic rings. The Labute approximate surface area is 119 Å². The van der Waals surface area contributed by atoms with Crippen LogP contribution < -0.4 is 5.43 Å². The van der Waals surface area contributed by atoms with Crippen molar-refractivity contribution in [2.75, 3.05) is 0 Å². The molecule has 102 valence electrons. The molecule has 0 fully saturated rings. The van der Waals surface area contributed by atoms with Crippen molar-refractivity contribution in [1.29, 1.82) is 0 Å². The van der Waals surface area contributed by atoms with E-state index in [4.69, 9.17) is 11.6 Å². The maximum absolute atomic E-state index is 13.3. The zero-order valence-electron chi connectivity index (χ0n) is 10.2. The number of amides is 1. The predicted octanol–water partition coefficient (Wildman–Crippen LogP) is 2.95. The zero-order chi connectivity index (χ0) is 14.5. The average Bonchev–Trinajstić information content (AvgIpc) is 2.43. The highest BCUT2D eigenvalue weighted by Crippen LogP contribution is 2.21. The van der Waals surface area contributed by atoms with Crippen molar-refractivity contribution in [2.45, 2.75) is 0 Å². The van der Waals surface area contributed by atoms with Crippen LogP contribution in [0, 0.1) is 5.82 Å². The lowest BCUT2D eigenvalue weighted by Crippen LogP contribution is -2.17. The van der Waals surface area contributed by atoms with Crippen molar-refractivity contribution in [2.24, 2.45) is 5.10 Å². The predicted molar refractivity (Wildman–Crippen MR) is 74.6 cm³/mol. The Morgan fingerprint density at radius 1 is 1.30 bits per heavy atom. The Balaban J connectivity index is 2.09. The van der Waals surface area contributed by atoms with Gasteiger partial charge in [0.1, 0.15) is 11.6 Å². The van der Waals surface area contributed by atoms with Gasteiger partial charge in [0.25, 0.3) is 5.91 Å². The van der Waals surface area contributed by atoms with Gasteiger partial charge in [-0.3, -0.25) is 4.79 Å². The van der Waals surface area contributed by atoms with Gasteiger partial charge in [0, 0.05) is 10.6 Å². The third kappa shape index (κ3) is 3.33. The van der Waals surface area contributed by atoms with Crippen molar-refractivity contribution in [1.82, 2.24) is 5.43 Å². The van der Waals surface area contributed by atoms with Crippen molar-refractivity contribution < 1.29 is 14.3 Å². The molecule has 0 bridgehead atoms. The maximum Gasteiger partial charge on any atom is 0.275 e. The van der Waals surface area contributed by atoms with Crippen LogP contribution in [0.1, 0.15) is 15.9 Å². The average molecular weight is 293 g/mol. The number of phenols is 1. The molecule has 2 aromatic carbocycles. The Hall–Kier alpha value is -2.40. The van der Waals surface area contributed by atoms with Crippen molar-refractivity contribution in [3.8, 4) is 5.75 Å². The number of hydrogen-bond acceptors (Lipinski definition) is 3. The van der Waals surface area contributed by atoms with E-state index in [1.807, 2.05) is 0 Å². The molecule has 2 N–H and O–H groups in total. The molecule has 20 heavy (non-hydrogen) atoms. The van der Waals surface area contributed by atoms with Crippen LogP contribution in [-0.4, -0.2) is 17.2 Å². The molecular weight excluding hydrogens is 283 g/mol. The number of carbonyl (C=O) groups excluding carboxylic acids is 1. The summed E-state index contributed by atoms with van der Waals surface area (Å²) < 4.78 is 13.3. The fraction of sp³-hybridized carbons (Fsp3) is 0. The molecular formula is C14H10ClFN2O2. The molecule has 0 radical (unpaired) electrons. The first kappa shape index (κ1) is 14.0. The van der Waals surface area contributed by atoms with Gasteiger partial charge < -0.3 is 5.11 Å². The molecule has 0 heterocycles. The van der Waals surface area contributed by atoms with Gasteiger partial charge in [-0.05, 0) is 24.3 Å². The lowest BCUT2D eigenvalue weighted by atomic mass is 10.2. The fourth-order valence-corrected chi connectivity index (χ4v) is 1.66. The molecule has 0 saturated carbocycles. The van der Waals surface area contributed by atoms with Crippen molar-refractivity contribution in [3.63, 3.8) is 0 Å². The Morgan fingerprint density at radius 3 is 2.80 bits per heavy atom. The van der Waals surface area contributed by atoms with Gasteiger partial charge in [-0.1, -0.05) is 29.8 Å². The van der Waals surface area contributed by atoms with Crippen LogP contribution in [0.5, 0.6) is 5.75 Å². The molecule has 0 aliphatic heterocycles. The second kappa shape index (κ2) is 6.16. The van der Waals surface area contributed by atoms with Crippen LogP contribution in [0.3, 0.4) is 0 Å². The first-order chi connectivity index (χ1) is 9.58. The highest BCUT2D eigenvalue weighted by Gasteiger charge is 2.10. The number of nitrogens with zero attached hydrogens (tertiary/aromatic N) is 1. The van der Waals surface area contributed by atoms with Gasteiger partial charge in [0.2, 0.25) is 0 Å². The monoisotopic (exact) mass is 292 g/mol. The van der Waals surface area contributed by atoms with Crippen molar-refractivity contribution in [3.05, 3.63) is 64.4 Å². The second-order valence-electron chi connectivity index (χ2n) is 3.88. The van der Waals surface area contributed by atoms with E-state index in [1.165, 1.54) is 36.5 Å². The summed E-state index contributed by atoms with van der Waals surface area (Å²) in [4.78, 5) is 11.8. The minimum Gasteiger partial charge on any atom is -0.507 e. The molecule has 2 aromatic rings. The van der Waals surface area contributed by atoms with Gasteiger partial charge >= 0.3 is 0 Å². The lowest BCUT2D eigenvalue weighted by molar-refractivity contribution is 0.0952. The first-order valence-electron chi connectivity index (χ1n) is 5.64. The van der Waals surface area contributed by atoms with E-state index in [-0.39, 0.29) is 16.9 Å². The van der Waals surface area contributed by atoms with E-state index in [1.54, 1.807) is 12.1 Å². The van der Waals surface area contributed by atoms with Gasteiger partial charge in [-0.2, -0.15) is 5.10 Å². The molecule has 2 rings (SSSR count). The number of nitrogens with one attached hydrogen (secondary N) is 1. The number of halogens is 2. The highest BCUT2D eigenvalue weighted by molar-refractivity contribution is 6.31. The normalized spacial score (nSPS) is 10.7. The van der Waals surface area contributed by atoms with Gasteiger partial charge in [-0.15, -0.1) is 0 Å². The maximum atomic E-state index is 13.3. The SMILES string of the molecule is O=C(NN=Cc1ccccc1F)c1cc(Cl)ccc1O. The highest BCUT2D eigenvalue weighted by atomic mass is 35.5. The molecule has 0 atom stereocenters. The molecule has 0 spiro atoms. The summed E-state index contributed by atoms with van der Waals surface area (Å²) in [6.07, 6.45) is 1.18. The van der Waals surface area contributed by atoms with E-state index in [9.17, 15) is 14.3 Å². The van der Waals surface area contributed by atoms with Gasteiger partial charge in [-0.25, -0.2) is 9.82 Å². The number of rotatable bonds is 3. The van der Waals surface area contributed by atoms with E-state index >= 15 is 0 Å². The number of hydrogen-bond donors (Lipinski definition) is 2. The molecule has 0 aliphatic carbocycles. The summed E-state index contributed by atoms with van der Waals surface area (Å²) in [6.45, 7) is 0. The third-order valence-electron chi connectivity index (χ3n) is 2.48. The fourth-order valence-electron chi connectivity index (χ4n) is 1.49. The standard InChI is InChI=1S/C14H10ClFN2O2/c15-10-5-6-13(19)11(7-10)14(20)18-17-8-9-3-1-2-4-12(9)16/h1-8,19H,(H,18,20). The van der Waals surface area contributed by atoms with Crippen LogP contribution in [0.2, 0.25) is 5.02 Å². The van der Waals surface area contributed by atoms with E-state index < -0.39 is 11.7 Å². The molecule has 1 amide bonds. The lowest BCUT2D eigenvalue weighted by Gasteiger charge is -2.03. The molecule has 0 aromatic heterocycles. The Morgan fingerprint density at radius 2 is 2.05 bits per heavy atom. The smallest absolute Gasteiger partial charge is 0.275 e. The van der Waals surface area contributed by atoms with Crippen LogP contribution in [0.15, 0.2) is 47.6 Å². The number of hydrazone groups is 1. The summed E-state index contributed by atoms with van der Waals surface area (Å²) in [5.74, 6) is -1.30. The first-order valence-corrected chi connectivity index (χ1v) is 6.02. The quantitative estimate of drug-likeness (QED) is 0.675. The third-order valence-corrected chi connectivity index (χ3v) is 2.71. The number of phenolic OH excluding ortho intramolecular Hbond substituents is 1. The number of aromatic hydroxyl groups is 1. The minimum absolute atomic E-state index is 0.0109. The molecule has 0 unspecified atom stereocenters. The second-order valence-corrected chi connectivity index (χ2v) is 4.32. The van der Waals surface area contributed by atoms with Gasteiger partial charge in [0.15, 0.2) is 0 Å². The molecule has 6 heteroatoms. The van der Waals surface area contributed by atoms with Gasteiger partial charge in [0.05, 0.1) is 11.8 Å². The molecule has 0 saturated heterocycles. The minimum atomic E-state index is -0.641. The summed E-state index contributed by atoms with van der Waals surface area (Å²) in [7, 11) is 0.